The molecule has 0 saturated heterocycles. The Balaban J connectivity index is 1.56. The maximum absolute atomic E-state index is 12.7. The second kappa shape index (κ2) is 5.50. The third-order valence-corrected chi connectivity index (χ3v) is 4.43. The molecule has 1 N–H and O–H groups in total. The Kier molecular flexibility index (Phi) is 3.33. The molecule has 0 spiro atoms. The van der Waals surface area contributed by atoms with Crippen molar-refractivity contribution in [3.05, 3.63) is 59.8 Å². The van der Waals surface area contributed by atoms with Gasteiger partial charge in [0.15, 0.2) is 0 Å². The Labute approximate surface area is 134 Å². The van der Waals surface area contributed by atoms with Crippen molar-refractivity contribution in [2.45, 2.75) is 32.4 Å². The van der Waals surface area contributed by atoms with Gasteiger partial charge < -0.3 is 9.88 Å². The molecule has 3 heterocycles. The van der Waals surface area contributed by atoms with Gasteiger partial charge in [0, 0.05) is 36.8 Å². The molecule has 4 rings (SSSR count). The molecule has 116 valence electrons. The molecule has 1 aliphatic rings. The molecule has 1 amide bonds. The van der Waals surface area contributed by atoms with Gasteiger partial charge in [0.2, 0.25) is 0 Å². The van der Waals surface area contributed by atoms with Crippen molar-refractivity contribution in [2.24, 2.45) is 0 Å². The van der Waals surface area contributed by atoms with Crippen LogP contribution in [0.3, 0.4) is 0 Å². The Hall–Kier alpha value is -2.69. The molecule has 1 aliphatic heterocycles. The molecule has 1 aromatic carbocycles. The van der Waals surface area contributed by atoms with Gasteiger partial charge in [0.05, 0.1) is 16.8 Å². The van der Waals surface area contributed by atoms with Crippen LogP contribution in [0.5, 0.6) is 0 Å². The molecule has 1 atom stereocenters. The van der Waals surface area contributed by atoms with Crippen LogP contribution in [0.4, 0.5) is 0 Å². The van der Waals surface area contributed by atoms with Crippen LogP contribution in [0.15, 0.2) is 42.7 Å². The van der Waals surface area contributed by atoms with Crippen molar-refractivity contribution >= 4 is 16.8 Å². The predicted molar refractivity (Wildman–Crippen MR) is 88.3 cm³/mol. The van der Waals surface area contributed by atoms with E-state index in [2.05, 4.69) is 19.9 Å². The number of benzene rings is 1. The van der Waals surface area contributed by atoms with E-state index in [0.717, 1.165) is 41.8 Å². The highest BCUT2D eigenvalue weighted by molar-refractivity contribution is 5.98. The summed E-state index contributed by atoms with van der Waals surface area (Å²) in [6.07, 6.45) is 5.60. The number of fused-ring (bicyclic) bond motifs is 2. The molecule has 0 aliphatic carbocycles. The van der Waals surface area contributed by atoms with Gasteiger partial charge in [0.1, 0.15) is 5.82 Å². The van der Waals surface area contributed by atoms with E-state index in [1.807, 2.05) is 49.6 Å². The number of carbonyl (C=O) groups is 1. The minimum Gasteiger partial charge on any atom is -0.347 e. The van der Waals surface area contributed by atoms with Gasteiger partial charge in [0.25, 0.3) is 5.91 Å². The number of hydrogen-bond donors (Lipinski definition) is 1. The summed E-state index contributed by atoms with van der Waals surface area (Å²) < 4.78 is 2.11. The molecule has 0 bridgehead atoms. The summed E-state index contributed by atoms with van der Waals surface area (Å²) >= 11 is 0. The van der Waals surface area contributed by atoms with E-state index in [4.69, 9.17) is 0 Å². The van der Waals surface area contributed by atoms with Crippen LogP contribution in [-0.4, -0.2) is 26.5 Å². The summed E-state index contributed by atoms with van der Waals surface area (Å²) in [5.41, 5.74) is 2.34. The van der Waals surface area contributed by atoms with E-state index in [1.54, 1.807) is 0 Å². The van der Waals surface area contributed by atoms with Gasteiger partial charge in [-0.3, -0.25) is 9.78 Å². The zero-order valence-corrected chi connectivity index (χ0v) is 13.0. The fraction of sp³-hybridized carbons (Fsp3) is 0.278. The van der Waals surface area contributed by atoms with E-state index in [9.17, 15) is 4.79 Å². The smallest absolute Gasteiger partial charge is 0.253 e. The zero-order chi connectivity index (χ0) is 15.8. The van der Waals surface area contributed by atoms with Crippen molar-refractivity contribution in [1.82, 2.24) is 19.9 Å². The highest BCUT2D eigenvalue weighted by atomic mass is 16.1. The molecule has 5 heteroatoms. The summed E-state index contributed by atoms with van der Waals surface area (Å²) in [7, 11) is 0. The second-order valence-electron chi connectivity index (χ2n) is 6.02. The van der Waals surface area contributed by atoms with Crippen molar-refractivity contribution in [2.75, 3.05) is 0 Å². The summed E-state index contributed by atoms with van der Waals surface area (Å²) in [5.74, 6) is 1.05. The molecule has 3 aromatic rings. The van der Waals surface area contributed by atoms with Crippen molar-refractivity contribution < 1.29 is 4.79 Å². The van der Waals surface area contributed by atoms with Crippen LogP contribution in [0, 0.1) is 6.92 Å². The maximum atomic E-state index is 12.7. The van der Waals surface area contributed by atoms with Crippen molar-refractivity contribution in [3.8, 4) is 0 Å². The fourth-order valence-electron chi connectivity index (χ4n) is 3.19. The number of para-hydroxylation sites is 1. The van der Waals surface area contributed by atoms with Gasteiger partial charge >= 0.3 is 0 Å². The molecule has 0 radical (unpaired) electrons. The van der Waals surface area contributed by atoms with Crippen LogP contribution in [0.25, 0.3) is 10.9 Å². The van der Waals surface area contributed by atoms with Gasteiger partial charge in [-0.1, -0.05) is 18.2 Å². The average Bonchev–Trinajstić information content (AvgIpc) is 3.01. The SMILES string of the molecule is Cc1nc2ccccc2cc1C(=O)NC1CCc2nccn2C1. The summed E-state index contributed by atoms with van der Waals surface area (Å²) in [6.45, 7) is 2.66. The Morgan fingerprint density at radius 1 is 1.35 bits per heavy atom. The summed E-state index contributed by atoms with van der Waals surface area (Å²) in [6, 6.07) is 9.93. The van der Waals surface area contributed by atoms with Gasteiger partial charge in [-0.05, 0) is 25.5 Å². The van der Waals surface area contributed by atoms with E-state index >= 15 is 0 Å². The number of nitrogens with one attached hydrogen (secondary N) is 1. The topological polar surface area (TPSA) is 59.8 Å². The van der Waals surface area contributed by atoms with E-state index in [1.165, 1.54) is 0 Å². The molecular weight excluding hydrogens is 288 g/mol. The molecule has 0 fully saturated rings. The molecule has 23 heavy (non-hydrogen) atoms. The summed E-state index contributed by atoms with van der Waals surface area (Å²) in [4.78, 5) is 21.5. The maximum Gasteiger partial charge on any atom is 0.253 e. The lowest BCUT2D eigenvalue weighted by molar-refractivity contribution is 0.0926. The minimum absolute atomic E-state index is 0.0469. The van der Waals surface area contributed by atoms with Crippen molar-refractivity contribution in [1.29, 1.82) is 0 Å². The van der Waals surface area contributed by atoms with Crippen LogP contribution < -0.4 is 5.32 Å². The summed E-state index contributed by atoms with van der Waals surface area (Å²) in [5, 5.41) is 4.13. The second-order valence-corrected chi connectivity index (χ2v) is 6.02. The Morgan fingerprint density at radius 3 is 3.13 bits per heavy atom. The minimum atomic E-state index is -0.0469. The van der Waals surface area contributed by atoms with Gasteiger partial charge in [-0.2, -0.15) is 0 Å². The fourth-order valence-corrected chi connectivity index (χ4v) is 3.19. The van der Waals surface area contributed by atoms with Crippen LogP contribution >= 0.6 is 0 Å². The van der Waals surface area contributed by atoms with Crippen LogP contribution in [0.1, 0.15) is 28.3 Å². The van der Waals surface area contributed by atoms with Crippen molar-refractivity contribution in [3.63, 3.8) is 0 Å². The average molecular weight is 306 g/mol. The Morgan fingerprint density at radius 2 is 2.22 bits per heavy atom. The normalized spacial score (nSPS) is 17.0. The first-order chi connectivity index (χ1) is 11.2. The number of aryl methyl sites for hydroxylation is 2. The lowest BCUT2D eigenvalue weighted by Gasteiger charge is -2.25. The highest BCUT2D eigenvalue weighted by Crippen LogP contribution is 2.18. The standard InChI is InChI=1S/C18H18N4O/c1-12-15(10-13-4-2-3-5-16(13)20-12)18(23)21-14-6-7-17-19-8-9-22(17)11-14/h2-5,8-10,14H,6-7,11H2,1H3,(H,21,23). The molecule has 5 nitrogen and oxygen atoms in total. The highest BCUT2D eigenvalue weighted by Gasteiger charge is 2.21. The first-order valence-electron chi connectivity index (χ1n) is 7.88. The van der Waals surface area contributed by atoms with E-state index < -0.39 is 0 Å². The van der Waals surface area contributed by atoms with Crippen LogP contribution in [-0.2, 0) is 13.0 Å². The number of hydrogen-bond acceptors (Lipinski definition) is 3. The van der Waals surface area contributed by atoms with Gasteiger partial charge in [-0.15, -0.1) is 0 Å². The largest absolute Gasteiger partial charge is 0.347 e. The monoisotopic (exact) mass is 306 g/mol. The molecule has 2 aromatic heterocycles. The van der Waals surface area contributed by atoms with Crippen LogP contribution in [0.2, 0.25) is 0 Å². The number of nitrogens with zero attached hydrogens (tertiary/aromatic N) is 3. The third-order valence-electron chi connectivity index (χ3n) is 4.43. The Bertz CT molecular complexity index is 884. The predicted octanol–water partition coefficient (Wildman–Crippen LogP) is 2.48. The number of aromatic nitrogens is 3. The first-order valence-corrected chi connectivity index (χ1v) is 7.88. The lowest BCUT2D eigenvalue weighted by Crippen LogP contribution is -2.41. The lowest BCUT2D eigenvalue weighted by atomic mass is 10.1. The number of pyridine rings is 1. The number of carbonyl (C=O) groups excluding carboxylic acids is 1. The zero-order valence-electron chi connectivity index (χ0n) is 13.0. The van der Waals surface area contributed by atoms with Gasteiger partial charge in [-0.25, -0.2) is 4.98 Å². The molecule has 0 saturated carbocycles. The van der Waals surface area contributed by atoms with E-state index in [-0.39, 0.29) is 11.9 Å². The van der Waals surface area contributed by atoms with E-state index in [0.29, 0.717) is 5.56 Å². The number of amides is 1. The number of imidazole rings is 1. The molecular formula is C18H18N4O. The molecule has 1 unspecified atom stereocenters. The first kappa shape index (κ1) is 13.9. The quantitative estimate of drug-likeness (QED) is 0.791. The number of rotatable bonds is 2. The third kappa shape index (κ3) is 2.59.